The number of hydrogen-bond donors (Lipinski definition) is 2. The van der Waals surface area contributed by atoms with Gasteiger partial charge in [0.25, 0.3) is 0 Å². The van der Waals surface area contributed by atoms with Gasteiger partial charge in [0.1, 0.15) is 6.67 Å². The number of nitrogens with zero attached hydrogens (tertiary/aromatic N) is 1. The second-order valence-corrected chi connectivity index (χ2v) is 7.29. The van der Waals surface area contributed by atoms with Gasteiger partial charge in [0, 0.05) is 17.2 Å². The molecule has 0 spiro atoms. The third-order valence-corrected chi connectivity index (χ3v) is 5.53. The van der Waals surface area contributed by atoms with Crippen molar-refractivity contribution in [1.82, 2.24) is 0 Å². The molecule has 3 atom stereocenters. The monoisotopic (exact) mass is 317 g/mol. The maximum Gasteiger partial charge on any atom is 0.164 e. The Kier molecular flexibility index (Phi) is 3.90. The van der Waals surface area contributed by atoms with Crippen molar-refractivity contribution in [2.24, 2.45) is 16.6 Å². The summed E-state index contributed by atoms with van der Waals surface area (Å²) in [7, 11) is 0. The highest BCUT2D eigenvalue weighted by atomic mass is 32.2. The molecule has 2 rings (SSSR count). The Hall–Kier alpha value is -1.37. The number of thioether (sulfide) groups is 1. The van der Waals surface area contributed by atoms with E-state index in [0.717, 1.165) is 17.8 Å². The molecule has 0 fully saturated rings. The predicted molar refractivity (Wildman–Crippen MR) is 80.9 cm³/mol. The van der Waals surface area contributed by atoms with Gasteiger partial charge in [-0.1, -0.05) is 18.7 Å². The molecule has 0 saturated heterocycles. The van der Waals surface area contributed by atoms with Crippen molar-refractivity contribution in [3.63, 3.8) is 0 Å². The lowest BCUT2D eigenvalue weighted by Crippen LogP contribution is -2.49. The van der Waals surface area contributed by atoms with Gasteiger partial charge in [-0.15, -0.1) is 0 Å². The SMILES string of the molecule is CC1[C@@](C)(CF)SC(N)=N[C@]1(C)c1cc(N)cc(F)c1F. The average molecular weight is 317 g/mol. The minimum Gasteiger partial charge on any atom is -0.399 e. The minimum atomic E-state index is -1.18. The van der Waals surface area contributed by atoms with Crippen LogP contribution in [0.1, 0.15) is 26.3 Å². The van der Waals surface area contributed by atoms with Crippen LogP contribution < -0.4 is 11.5 Å². The summed E-state index contributed by atoms with van der Waals surface area (Å²) in [6, 6.07) is 2.24. The zero-order valence-corrected chi connectivity index (χ0v) is 12.9. The summed E-state index contributed by atoms with van der Waals surface area (Å²) in [5, 5.41) is 0.151. The second kappa shape index (κ2) is 5.12. The Balaban J connectivity index is 2.68. The van der Waals surface area contributed by atoms with Crippen molar-refractivity contribution in [3.8, 4) is 0 Å². The topological polar surface area (TPSA) is 64.4 Å². The first-order valence-corrected chi connectivity index (χ1v) is 7.31. The van der Waals surface area contributed by atoms with Gasteiger partial charge in [0.05, 0.1) is 10.3 Å². The molecule has 3 nitrogen and oxygen atoms in total. The normalized spacial score (nSPS) is 32.9. The van der Waals surface area contributed by atoms with Crippen LogP contribution in [-0.4, -0.2) is 16.6 Å². The molecule has 1 aromatic rings. The largest absolute Gasteiger partial charge is 0.399 e. The number of alkyl halides is 1. The maximum absolute atomic E-state index is 14.2. The molecule has 0 amide bonds. The second-order valence-electron chi connectivity index (χ2n) is 5.73. The quantitative estimate of drug-likeness (QED) is 0.823. The summed E-state index contributed by atoms with van der Waals surface area (Å²) in [6.45, 7) is 4.41. The van der Waals surface area contributed by atoms with E-state index in [2.05, 4.69) is 4.99 Å². The molecule has 4 N–H and O–H groups in total. The van der Waals surface area contributed by atoms with Gasteiger partial charge in [-0.05, 0) is 26.0 Å². The van der Waals surface area contributed by atoms with E-state index in [1.807, 2.05) is 0 Å². The van der Waals surface area contributed by atoms with Crippen LogP contribution in [0.2, 0.25) is 0 Å². The van der Waals surface area contributed by atoms with Gasteiger partial charge >= 0.3 is 0 Å². The number of halogens is 3. The number of rotatable bonds is 2. The lowest BCUT2D eigenvalue weighted by atomic mass is 9.74. The predicted octanol–water partition coefficient (Wildman–Crippen LogP) is 3.19. The zero-order valence-electron chi connectivity index (χ0n) is 12.1. The summed E-state index contributed by atoms with van der Waals surface area (Å²) < 4.78 is 40.5. The van der Waals surface area contributed by atoms with Crippen LogP contribution in [0.15, 0.2) is 17.1 Å². The molecule has 0 radical (unpaired) electrons. The first kappa shape index (κ1) is 16.0. The first-order chi connectivity index (χ1) is 9.64. The molecule has 21 heavy (non-hydrogen) atoms. The fraction of sp³-hybridized carbons (Fsp3) is 0.500. The molecular formula is C14H18F3N3S. The van der Waals surface area contributed by atoms with E-state index in [0.29, 0.717) is 0 Å². The number of nitrogen functional groups attached to an aromatic ring is 1. The van der Waals surface area contributed by atoms with Gasteiger partial charge in [-0.25, -0.2) is 13.2 Å². The zero-order chi connectivity index (χ0) is 16.0. The fourth-order valence-corrected chi connectivity index (χ4v) is 3.86. The van der Waals surface area contributed by atoms with E-state index >= 15 is 0 Å². The Morgan fingerprint density at radius 1 is 1.29 bits per heavy atom. The summed E-state index contributed by atoms with van der Waals surface area (Å²) in [5.74, 6) is -2.49. The third-order valence-electron chi connectivity index (χ3n) is 4.30. The van der Waals surface area contributed by atoms with Crippen molar-refractivity contribution in [3.05, 3.63) is 29.3 Å². The molecule has 7 heteroatoms. The molecule has 1 aliphatic heterocycles. The molecule has 1 aromatic carbocycles. The molecule has 1 heterocycles. The number of anilines is 1. The fourth-order valence-electron chi connectivity index (χ4n) is 2.69. The van der Waals surface area contributed by atoms with Crippen molar-refractivity contribution >= 4 is 22.6 Å². The molecule has 116 valence electrons. The van der Waals surface area contributed by atoms with Gasteiger partial charge < -0.3 is 11.5 Å². The van der Waals surface area contributed by atoms with Gasteiger partial charge in [0.15, 0.2) is 16.8 Å². The number of amidine groups is 1. The number of aliphatic imine (C=N–C) groups is 1. The van der Waals surface area contributed by atoms with Crippen LogP contribution in [0.4, 0.5) is 18.9 Å². The van der Waals surface area contributed by atoms with Crippen molar-refractivity contribution in [2.75, 3.05) is 12.4 Å². The average Bonchev–Trinajstić information content (AvgIpc) is 2.40. The van der Waals surface area contributed by atoms with Crippen LogP contribution >= 0.6 is 11.8 Å². The van der Waals surface area contributed by atoms with E-state index < -0.39 is 34.5 Å². The Bertz CT molecular complexity index is 607. The number of benzene rings is 1. The highest BCUT2D eigenvalue weighted by Gasteiger charge is 2.50. The van der Waals surface area contributed by atoms with Crippen molar-refractivity contribution < 1.29 is 13.2 Å². The molecule has 0 saturated carbocycles. The molecule has 0 aromatic heterocycles. The van der Waals surface area contributed by atoms with E-state index in [-0.39, 0.29) is 16.4 Å². The highest BCUT2D eigenvalue weighted by molar-refractivity contribution is 8.15. The number of hydrogen-bond acceptors (Lipinski definition) is 4. The summed E-state index contributed by atoms with van der Waals surface area (Å²) >= 11 is 1.11. The molecule has 0 bridgehead atoms. The van der Waals surface area contributed by atoms with Crippen LogP contribution in [0, 0.1) is 17.6 Å². The lowest BCUT2D eigenvalue weighted by Gasteiger charge is -2.46. The van der Waals surface area contributed by atoms with E-state index in [9.17, 15) is 13.2 Å². The van der Waals surface area contributed by atoms with Crippen LogP contribution in [-0.2, 0) is 5.54 Å². The van der Waals surface area contributed by atoms with E-state index in [1.54, 1.807) is 20.8 Å². The summed E-state index contributed by atoms with van der Waals surface area (Å²) in [5.41, 5.74) is 10.3. The van der Waals surface area contributed by atoms with Crippen molar-refractivity contribution in [1.29, 1.82) is 0 Å². The van der Waals surface area contributed by atoms with Crippen LogP contribution in [0.3, 0.4) is 0 Å². The number of nitrogens with two attached hydrogens (primary N) is 2. The van der Waals surface area contributed by atoms with Crippen LogP contribution in [0.25, 0.3) is 0 Å². The summed E-state index contributed by atoms with van der Waals surface area (Å²) in [4.78, 5) is 4.28. The Morgan fingerprint density at radius 3 is 2.48 bits per heavy atom. The smallest absolute Gasteiger partial charge is 0.164 e. The standard InChI is InChI=1S/C14H18F3N3S/c1-7-13(2,6-15)21-12(19)20-14(7,3)9-4-8(18)5-10(16)11(9)17/h4-5,7H,6,18H2,1-3H3,(H2,19,20)/t7?,13-,14+/m1/s1. The summed E-state index contributed by atoms with van der Waals surface area (Å²) in [6.07, 6.45) is 0. The van der Waals surface area contributed by atoms with Gasteiger partial charge in [-0.3, -0.25) is 4.99 Å². The Labute approximate surface area is 126 Å². The molecular weight excluding hydrogens is 299 g/mol. The van der Waals surface area contributed by atoms with Crippen molar-refractivity contribution in [2.45, 2.75) is 31.1 Å². The molecule has 1 aliphatic rings. The van der Waals surface area contributed by atoms with E-state index in [1.165, 1.54) is 6.07 Å². The van der Waals surface area contributed by atoms with Gasteiger partial charge in [-0.2, -0.15) is 0 Å². The highest BCUT2D eigenvalue weighted by Crippen LogP contribution is 2.50. The third kappa shape index (κ3) is 2.47. The minimum absolute atomic E-state index is 0.00424. The van der Waals surface area contributed by atoms with Gasteiger partial charge in [0.2, 0.25) is 0 Å². The lowest BCUT2D eigenvalue weighted by molar-refractivity contribution is 0.220. The van der Waals surface area contributed by atoms with E-state index in [4.69, 9.17) is 11.5 Å². The molecule has 0 aliphatic carbocycles. The maximum atomic E-state index is 14.2. The first-order valence-electron chi connectivity index (χ1n) is 6.49. The Morgan fingerprint density at radius 2 is 1.90 bits per heavy atom. The van der Waals surface area contributed by atoms with Crippen LogP contribution in [0.5, 0.6) is 0 Å². The molecule has 1 unspecified atom stereocenters.